The molecule has 1 aliphatic rings. The van der Waals surface area contributed by atoms with Crippen molar-refractivity contribution in [1.82, 2.24) is 9.21 Å². The van der Waals surface area contributed by atoms with Crippen LogP contribution in [-0.2, 0) is 14.8 Å². The third kappa shape index (κ3) is 3.99. The number of benzene rings is 1. The van der Waals surface area contributed by atoms with Gasteiger partial charge in [0, 0.05) is 37.6 Å². The SMILES string of the molecule is CCS(=O)(=O)N(C)C1CCN(C(=O)/C=C/c2cc3ccccc3o2)CC1. The Morgan fingerprint density at radius 1 is 1.31 bits per heavy atom. The minimum absolute atomic E-state index is 0.0386. The number of hydrogen-bond acceptors (Lipinski definition) is 4. The molecule has 1 aliphatic heterocycles. The lowest BCUT2D eigenvalue weighted by Crippen LogP contribution is -2.47. The Kier molecular flexibility index (Phi) is 5.48. The Balaban J connectivity index is 1.58. The highest BCUT2D eigenvalue weighted by Crippen LogP contribution is 2.21. The molecule has 6 nitrogen and oxygen atoms in total. The van der Waals surface area contributed by atoms with E-state index in [1.807, 2.05) is 30.3 Å². The molecule has 1 amide bonds. The van der Waals surface area contributed by atoms with Crippen molar-refractivity contribution in [2.24, 2.45) is 0 Å². The molecule has 3 rings (SSSR count). The van der Waals surface area contributed by atoms with Crippen molar-refractivity contribution >= 4 is 33.0 Å². The monoisotopic (exact) mass is 376 g/mol. The van der Waals surface area contributed by atoms with E-state index in [1.54, 1.807) is 24.9 Å². The van der Waals surface area contributed by atoms with E-state index >= 15 is 0 Å². The van der Waals surface area contributed by atoms with Gasteiger partial charge in [-0.15, -0.1) is 0 Å². The molecule has 1 aromatic heterocycles. The predicted octanol–water partition coefficient (Wildman–Crippen LogP) is 2.72. The summed E-state index contributed by atoms with van der Waals surface area (Å²) in [5, 5.41) is 1.00. The number of hydrogen-bond donors (Lipinski definition) is 0. The van der Waals surface area contributed by atoms with Gasteiger partial charge in [0.2, 0.25) is 15.9 Å². The van der Waals surface area contributed by atoms with E-state index in [9.17, 15) is 13.2 Å². The first-order valence-electron chi connectivity index (χ1n) is 8.82. The van der Waals surface area contributed by atoms with Gasteiger partial charge in [0.05, 0.1) is 5.75 Å². The molecule has 0 aliphatic carbocycles. The van der Waals surface area contributed by atoms with Crippen LogP contribution in [0.25, 0.3) is 17.0 Å². The van der Waals surface area contributed by atoms with Gasteiger partial charge in [0.15, 0.2) is 0 Å². The molecule has 1 saturated heterocycles. The summed E-state index contributed by atoms with van der Waals surface area (Å²) in [6.07, 6.45) is 4.51. The van der Waals surface area contributed by atoms with Crippen LogP contribution in [0.15, 0.2) is 40.8 Å². The zero-order valence-electron chi connectivity index (χ0n) is 15.1. The molecule has 140 valence electrons. The van der Waals surface area contributed by atoms with Crippen LogP contribution in [0.1, 0.15) is 25.5 Å². The molecule has 0 spiro atoms. The third-order valence-corrected chi connectivity index (χ3v) is 6.83. The van der Waals surface area contributed by atoms with Gasteiger partial charge in [-0.2, -0.15) is 0 Å². The molecule has 0 bridgehead atoms. The Morgan fingerprint density at radius 2 is 2.00 bits per heavy atom. The molecule has 0 radical (unpaired) electrons. The maximum atomic E-state index is 12.4. The van der Waals surface area contributed by atoms with Gasteiger partial charge < -0.3 is 9.32 Å². The van der Waals surface area contributed by atoms with Crippen molar-refractivity contribution in [2.75, 3.05) is 25.9 Å². The van der Waals surface area contributed by atoms with Gasteiger partial charge in [-0.3, -0.25) is 4.79 Å². The van der Waals surface area contributed by atoms with E-state index in [1.165, 1.54) is 10.4 Å². The lowest BCUT2D eigenvalue weighted by molar-refractivity contribution is -0.127. The van der Waals surface area contributed by atoms with E-state index < -0.39 is 10.0 Å². The van der Waals surface area contributed by atoms with Crippen molar-refractivity contribution < 1.29 is 17.6 Å². The number of piperidine rings is 1. The molecule has 2 heterocycles. The van der Waals surface area contributed by atoms with Gasteiger partial charge in [-0.1, -0.05) is 18.2 Å². The Labute approximate surface area is 154 Å². The number of nitrogens with zero attached hydrogens (tertiary/aromatic N) is 2. The topological polar surface area (TPSA) is 70.8 Å². The second-order valence-corrected chi connectivity index (χ2v) is 8.81. The first-order valence-corrected chi connectivity index (χ1v) is 10.4. The fourth-order valence-corrected chi connectivity index (χ4v) is 4.30. The fourth-order valence-electron chi connectivity index (χ4n) is 3.22. The number of rotatable bonds is 5. The minimum Gasteiger partial charge on any atom is -0.457 e. The summed E-state index contributed by atoms with van der Waals surface area (Å²) < 4.78 is 31.1. The van der Waals surface area contributed by atoms with E-state index in [-0.39, 0.29) is 17.7 Å². The first kappa shape index (κ1) is 18.7. The average Bonchev–Trinajstić information content (AvgIpc) is 3.08. The van der Waals surface area contributed by atoms with Crippen LogP contribution < -0.4 is 0 Å². The summed E-state index contributed by atoms with van der Waals surface area (Å²) in [6.45, 7) is 2.75. The number of furan rings is 1. The van der Waals surface area contributed by atoms with Crippen molar-refractivity contribution in [3.63, 3.8) is 0 Å². The molecule has 1 fully saturated rings. The zero-order valence-corrected chi connectivity index (χ0v) is 15.9. The molecule has 26 heavy (non-hydrogen) atoms. The largest absolute Gasteiger partial charge is 0.457 e. The van der Waals surface area contributed by atoms with E-state index in [0.717, 1.165) is 11.0 Å². The van der Waals surface area contributed by atoms with Crippen LogP contribution in [0.4, 0.5) is 0 Å². The van der Waals surface area contributed by atoms with Crippen molar-refractivity contribution in [2.45, 2.75) is 25.8 Å². The summed E-state index contributed by atoms with van der Waals surface area (Å²) >= 11 is 0. The number of sulfonamides is 1. The second kappa shape index (κ2) is 7.63. The van der Waals surface area contributed by atoms with Crippen LogP contribution in [0.3, 0.4) is 0 Å². The Morgan fingerprint density at radius 3 is 2.65 bits per heavy atom. The Hall–Kier alpha value is -2.12. The summed E-state index contributed by atoms with van der Waals surface area (Å²) in [5.41, 5.74) is 0.792. The van der Waals surface area contributed by atoms with E-state index in [2.05, 4.69) is 0 Å². The molecular formula is C19H24N2O4S. The smallest absolute Gasteiger partial charge is 0.246 e. The van der Waals surface area contributed by atoms with Crippen LogP contribution >= 0.6 is 0 Å². The summed E-state index contributed by atoms with van der Waals surface area (Å²) in [6, 6.07) is 9.56. The number of carbonyl (C=O) groups excluding carboxylic acids is 1. The summed E-state index contributed by atoms with van der Waals surface area (Å²) in [4.78, 5) is 14.1. The quantitative estimate of drug-likeness (QED) is 0.753. The van der Waals surface area contributed by atoms with Gasteiger partial charge in [0.25, 0.3) is 0 Å². The zero-order chi connectivity index (χ0) is 18.7. The molecular weight excluding hydrogens is 352 g/mol. The fraction of sp³-hybridized carbons (Fsp3) is 0.421. The van der Waals surface area contributed by atoms with Crippen LogP contribution in [-0.4, -0.2) is 55.5 Å². The van der Waals surface area contributed by atoms with Gasteiger partial charge in [0.1, 0.15) is 11.3 Å². The molecule has 0 N–H and O–H groups in total. The lowest BCUT2D eigenvalue weighted by Gasteiger charge is -2.35. The number of likely N-dealkylation sites (tertiary alicyclic amines) is 1. The normalized spacial score (nSPS) is 16.8. The standard InChI is InChI=1S/C19H24N2O4S/c1-3-26(23,24)20(2)16-10-12-21(13-11-16)19(22)9-8-17-14-15-6-4-5-7-18(15)25-17/h4-9,14,16H,3,10-13H2,1-2H3/b9-8+. The van der Waals surface area contributed by atoms with Gasteiger partial charge in [-0.05, 0) is 38.0 Å². The molecule has 0 atom stereocenters. The number of amides is 1. The first-order chi connectivity index (χ1) is 12.4. The maximum absolute atomic E-state index is 12.4. The van der Waals surface area contributed by atoms with E-state index in [0.29, 0.717) is 31.7 Å². The number of carbonyl (C=O) groups is 1. The van der Waals surface area contributed by atoms with Crippen molar-refractivity contribution in [3.05, 3.63) is 42.2 Å². The maximum Gasteiger partial charge on any atom is 0.246 e. The number of fused-ring (bicyclic) bond motifs is 1. The van der Waals surface area contributed by atoms with Crippen molar-refractivity contribution in [3.8, 4) is 0 Å². The third-order valence-electron chi connectivity index (χ3n) is 4.93. The number of para-hydroxylation sites is 1. The van der Waals surface area contributed by atoms with Crippen LogP contribution in [0.5, 0.6) is 0 Å². The molecule has 1 aromatic carbocycles. The molecule has 0 unspecified atom stereocenters. The molecule has 2 aromatic rings. The highest BCUT2D eigenvalue weighted by Gasteiger charge is 2.29. The van der Waals surface area contributed by atoms with Gasteiger partial charge in [-0.25, -0.2) is 12.7 Å². The van der Waals surface area contributed by atoms with Crippen LogP contribution in [0, 0.1) is 0 Å². The Bertz CT molecular complexity index is 876. The molecule has 7 heteroatoms. The minimum atomic E-state index is -3.19. The summed E-state index contributed by atoms with van der Waals surface area (Å²) in [7, 11) is -1.56. The van der Waals surface area contributed by atoms with E-state index in [4.69, 9.17) is 4.42 Å². The van der Waals surface area contributed by atoms with Crippen LogP contribution in [0.2, 0.25) is 0 Å². The predicted molar refractivity (Wildman–Crippen MR) is 102 cm³/mol. The highest BCUT2D eigenvalue weighted by molar-refractivity contribution is 7.89. The average molecular weight is 376 g/mol. The highest BCUT2D eigenvalue weighted by atomic mass is 32.2. The molecule has 0 saturated carbocycles. The summed E-state index contributed by atoms with van der Waals surface area (Å²) in [5.74, 6) is 0.663. The van der Waals surface area contributed by atoms with Gasteiger partial charge >= 0.3 is 0 Å². The van der Waals surface area contributed by atoms with Crippen molar-refractivity contribution in [1.29, 1.82) is 0 Å². The second-order valence-electron chi connectivity index (χ2n) is 6.49. The lowest BCUT2D eigenvalue weighted by atomic mass is 10.1.